The first-order chi connectivity index (χ1) is 11.4. The van der Waals surface area contributed by atoms with E-state index >= 15 is 0 Å². The standard InChI is InChI=1S/C19H22N2O3/c1-13-8-9-14(2)17(10-13)24-12-18(22)20-16-7-5-6-15(11-16)19(23)21(3)4/h5-11H,12H2,1-4H3,(H,20,22). The Morgan fingerprint density at radius 1 is 1.08 bits per heavy atom. The monoisotopic (exact) mass is 326 g/mol. The highest BCUT2D eigenvalue weighted by Crippen LogP contribution is 2.19. The molecule has 2 aromatic rings. The summed E-state index contributed by atoms with van der Waals surface area (Å²) in [4.78, 5) is 25.5. The third-order valence-corrected chi connectivity index (χ3v) is 3.50. The summed E-state index contributed by atoms with van der Waals surface area (Å²) in [6, 6.07) is 12.7. The normalized spacial score (nSPS) is 10.2. The number of nitrogens with zero attached hydrogens (tertiary/aromatic N) is 1. The van der Waals surface area contributed by atoms with Gasteiger partial charge < -0.3 is 15.0 Å². The molecule has 1 N–H and O–H groups in total. The van der Waals surface area contributed by atoms with Gasteiger partial charge in [0.15, 0.2) is 6.61 Å². The smallest absolute Gasteiger partial charge is 0.262 e. The van der Waals surface area contributed by atoms with Crippen LogP contribution >= 0.6 is 0 Å². The van der Waals surface area contributed by atoms with Gasteiger partial charge in [0.1, 0.15) is 5.75 Å². The van der Waals surface area contributed by atoms with Gasteiger partial charge in [-0.1, -0.05) is 18.2 Å². The number of aryl methyl sites for hydroxylation is 2. The number of rotatable bonds is 5. The molecule has 2 aromatic carbocycles. The third-order valence-electron chi connectivity index (χ3n) is 3.50. The Bertz CT molecular complexity index is 754. The minimum atomic E-state index is -0.273. The van der Waals surface area contributed by atoms with Crippen LogP contribution in [0.4, 0.5) is 5.69 Å². The molecule has 5 heteroatoms. The molecule has 0 saturated carbocycles. The van der Waals surface area contributed by atoms with Crippen LogP contribution < -0.4 is 10.1 Å². The fourth-order valence-electron chi connectivity index (χ4n) is 2.19. The number of hydrogen-bond acceptors (Lipinski definition) is 3. The fraction of sp³-hybridized carbons (Fsp3) is 0.263. The SMILES string of the molecule is Cc1ccc(C)c(OCC(=O)Nc2cccc(C(=O)N(C)C)c2)c1. The molecule has 0 radical (unpaired) electrons. The topological polar surface area (TPSA) is 58.6 Å². The molecule has 0 atom stereocenters. The lowest BCUT2D eigenvalue weighted by Crippen LogP contribution is -2.23. The van der Waals surface area contributed by atoms with Crippen LogP contribution in [-0.4, -0.2) is 37.4 Å². The molecule has 0 spiro atoms. The molecule has 0 heterocycles. The fourth-order valence-corrected chi connectivity index (χ4v) is 2.19. The number of anilines is 1. The van der Waals surface area contributed by atoms with E-state index in [1.165, 1.54) is 4.90 Å². The zero-order valence-electron chi connectivity index (χ0n) is 14.4. The summed E-state index contributed by atoms with van der Waals surface area (Å²) < 4.78 is 5.58. The van der Waals surface area contributed by atoms with Gasteiger partial charge in [0.05, 0.1) is 0 Å². The van der Waals surface area contributed by atoms with Crippen LogP contribution in [0.15, 0.2) is 42.5 Å². The van der Waals surface area contributed by atoms with E-state index in [0.29, 0.717) is 17.0 Å². The Morgan fingerprint density at radius 3 is 2.54 bits per heavy atom. The molecule has 126 valence electrons. The van der Waals surface area contributed by atoms with Gasteiger partial charge in [0, 0.05) is 25.3 Å². The lowest BCUT2D eigenvalue weighted by Gasteiger charge is -2.12. The van der Waals surface area contributed by atoms with Gasteiger partial charge in [-0.3, -0.25) is 9.59 Å². The second kappa shape index (κ2) is 7.64. The first kappa shape index (κ1) is 17.5. The van der Waals surface area contributed by atoms with Gasteiger partial charge in [0.2, 0.25) is 0 Å². The molecule has 0 aliphatic rings. The number of hydrogen-bond donors (Lipinski definition) is 1. The van der Waals surface area contributed by atoms with Gasteiger partial charge in [-0.15, -0.1) is 0 Å². The minimum absolute atomic E-state index is 0.0872. The van der Waals surface area contributed by atoms with Crippen molar-refractivity contribution in [1.29, 1.82) is 0 Å². The predicted octanol–water partition coefficient (Wildman–Crippen LogP) is 3.02. The van der Waals surface area contributed by atoms with E-state index in [0.717, 1.165) is 11.1 Å². The number of carbonyl (C=O) groups is 2. The highest BCUT2D eigenvalue weighted by molar-refractivity contribution is 5.97. The molecule has 2 amide bonds. The van der Waals surface area contributed by atoms with E-state index in [2.05, 4.69) is 5.32 Å². The van der Waals surface area contributed by atoms with E-state index in [1.54, 1.807) is 38.4 Å². The zero-order chi connectivity index (χ0) is 17.7. The second-order valence-corrected chi connectivity index (χ2v) is 5.89. The summed E-state index contributed by atoms with van der Waals surface area (Å²) in [7, 11) is 3.37. The van der Waals surface area contributed by atoms with Gasteiger partial charge in [0.25, 0.3) is 11.8 Å². The van der Waals surface area contributed by atoms with Crippen molar-refractivity contribution in [1.82, 2.24) is 4.90 Å². The number of benzene rings is 2. The first-order valence-electron chi connectivity index (χ1n) is 7.68. The van der Waals surface area contributed by atoms with E-state index in [-0.39, 0.29) is 18.4 Å². The maximum Gasteiger partial charge on any atom is 0.262 e. The van der Waals surface area contributed by atoms with Crippen LogP contribution in [0.2, 0.25) is 0 Å². The molecular formula is C19H22N2O3. The van der Waals surface area contributed by atoms with Crippen molar-refractivity contribution in [3.8, 4) is 5.75 Å². The van der Waals surface area contributed by atoms with E-state index in [1.807, 2.05) is 32.0 Å². The summed E-state index contributed by atoms with van der Waals surface area (Å²) in [5, 5.41) is 2.75. The van der Waals surface area contributed by atoms with Crippen molar-refractivity contribution >= 4 is 17.5 Å². The molecule has 0 aromatic heterocycles. The quantitative estimate of drug-likeness (QED) is 0.919. The molecule has 5 nitrogen and oxygen atoms in total. The minimum Gasteiger partial charge on any atom is -0.483 e. The third kappa shape index (κ3) is 4.59. The molecule has 0 saturated heterocycles. The summed E-state index contributed by atoms with van der Waals surface area (Å²) in [5.41, 5.74) is 3.14. The van der Waals surface area contributed by atoms with Gasteiger partial charge in [-0.2, -0.15) is 0 Å². The lowest BCUT2D eigenvalue weighted by molar-refractivity contribution is -0.118. The number of carbonyl (C=O) groups excluding carboxylic acids is 2. The summed E-state index contributed by atoms with van der Waals surface area (Å²) >= 11 is 0. The summed E-state index contributed by atoms with van der Waals surface area (Å²) in [5.74, 6) is 0.310. The van der Waals surface area contributed by atoms with Crippen LogP contribution in [0.5, 0.6) is 5.75 Å². The first-order valence-corrected chi connectivity index (χ1v) is 7.68. The number of ether oxygens (including phenoxy) is 1. The van der Waals surface area contributed by atoms with E-state index < -0.39 is 0 Å². The lowest BCUT2D eigenvalue weighted by atomic mass is 10.1. The molecule has 0 fully saturated rings. The Hall–Kier alpha value is -2.82. The van der Waals surface area contributed by atoms with Crippen molar-refractivity contribution in [2.45, 2.75) is 13.8 Å². The van der Waals surface area contributed by atoms with Crippen LogP contribution in [0.3, 0.4) is 0 Å². The number of amides is 2. The maximum atomic E-state index is 12.1. The Labute approximate surface area is 142 Å². The second-order valence-electron chi connectivity index (χ2n) is 5.89. The Balaban J connectivity index is 1.99. The predicted molar refractivity (Wildman–Crippen MR) is 94.5 cm³/mol. The van der Waals surface area contributed by atoms with Crippen LogP contribution in [0, 0.1) is 13.8 Å². The van der Waals surface area contributed by atoms with Crippen molar-refractivity contribution in [3.05, 3.63) is 59.2 Å². The summed E-state index contributed by atoms with van der Waals surface area (Å²) in [6.07, 6.45) is 0. The van der Waals surface area contributed by atoms with Gasteiger partial charge in [-0.25, -0.2) is 0 Å². The Morgan fingerprint density at radius 2 is 1.83 bits per heavy atom. The zero-order valence-corrected chi connectivity index (χ0v) is 14.4. The maximum absolute atomic E-state index is 12.1. The Kier molecular flexibility index (Phi) is 5.58. The van der Waals surface area contributed by atoms with Crippen molar-refractivity contribution < 1.29 is 14.3 Å². The molecular weight excluding hydrogens is 304 g/mol. The van der Waals surface area contributed by atoms with Crippen LogP contribution in [-0.2, 0) is 4.79 Å². The van der Waals surface area contributed by atoms with Crippen LogP contribution in [0.25, 0.3) is 0 Å². The number of nitrogens with one attached hydrogen (secondary N) is 1. The largest absolute Gasteiger partial charge is 0.483 e. The van der Waals surface area contributed by atoms with Crippen molar-refractivity contribution in [2.75, 3.05) is 26.0 Å². The molecule has 0 aliphatic heterocycles. The average molecular weight is 326 g/mol. The van der Waals surface area contributed by atoms with Crippen molar-refractivity contribution in [2.24, 2.45) is 0 Å². The van der Waals surface area contributed by atoms with E-state index in [9.17, 15) is 9.59 Å². The molecule has 0 aliphatic carbocycles. The van der Waals surface area contributed by atoms with Gasteiger partial charge in [-0.05, 0) is 49.2 Å². The summed E-state index contributed by atoms with van der Waals surface area (Å²) in [6.45, 7) is 3.82. The van der Waals surface area contributed by atoms with Crippen molar-refractivity contribution in [3.63, 3.8) is 0 Å². The average Bonchev–Trinajstić information content (AvgIpc) is 2.55. The van der Waals surface area contributed by atoms with Gasteiger partial charge >= 0.3 is 0 Å². The highest BCUT2D eigenvalue weighted by atomic mass is 16.5. The highest BCUT2D eigenvalue weighted by Gasteiger charge is 2.10. The molecule has 24 heavy (non-hydrogen) atoms. The molecule has 2 rings (SSSR count). The van der Waals surface area contributed by atoms with Crippen LogP contribution in [0.1, 0.15) is 21.5 Å². The molecule has 0 unspecified atom stereocenters. The molecule has 0 bridgehead atoms. The van der Waals surface area contributed by atoms with E-state index in [4.69, 9.17) is 4.74 Å².